The number of nitrogens with two attached hydrogens (primary N) is 1. The Morgan fingerprint density at radius 1 is 1.53 bits per heavy atom. The maximum Gasteiger partial charge on any atom is 0.133 e. The fourth-order valence-electron chi connectivity index (χ4n) is 1.31. The maximum atomic E-state index is 8.93. The van der Waals surface area contributed by atoms with Crippen molar-refractivity contribution >= 4 is 15.9 Å². The van der Waals surface area contributed by atoms with Gasteiger partial charge in [-0.2, -0.15) is 0 Å². The number of halogens is 1. The average molecular weight is 272 g/mol. The van der Waals surface area contributed by atoms with E-state index in [1.54, 1.807) is 0 Å². The number of rotatable bonds is 4. The molecule has 1 atom stereocenters. The summed E-state index contributed by atoms with van der Waals surface area (Å²) in [5, 5.41) is 8.93. The number of hydrogen-bond acceptors (Lipinski definition) is 3. The molecule has 0 spiro atoms. The number of aliphatic hydroxyl groups is 1. The lowest BCUT2D eigenvalue weighted by atomic mass is 10.1. The van der Waals surface area contributed by atoms with E-state index in [9.17, 15) is 0 Å². The zero-order chi connectivity index (χ0) is 10.8. The van der Waals surface area contributed by atoms with Crippen LogP contribution in [0.5, 0.6) is 5.75 Å². The van der Waals surface area contributed by atoms with Crippen LogP contribution in [0.25, 0.3) is 0 Å². The topological polar surface area (TPSA) is 55.5 Å². The maximum absolute atomic E-state index is 8.93. The van der Waals surface area contributed by atoms with Crippen LogP contribution in [0.2, 0.25) is 0 Å². The molecule has 15 heavy (non-hydrogen) atoms. The van der Waals surface area contributed by atoms with Gasteiger partial charge in [-0.3, -0.25) is 0 Å². The molecule has 0 aliphatic heterocycles. The fraction of sp³-hybridized carbons (Fsp3) is 0.455. The molecule has 3 nitrogen and oxygen atoms in total. The van der Waals surface area contributed by atoms with Crippen LogP contribution in [-0.4, -0.2) is 17.8 Å². The van der Waals surface area contributed by atoms with E-state index in [0.29, 0.717) is 6.10 Å². The van der Waals surface area contributed by atoms with Crippen LogP contribution in [0, 0.1) is 0 Å². The van der Waals surface area contributed by atoms with Crippen molar-refractivity contribution in [2.75, 3.05) is 6.61 Å². The summed E-state index contributed by atoms with van der Waals surface area (Å²) in [5.41, 5.74) is 6.62. The third-order valence-corrected chi connectivity index (χ3v) is 3.02. The molecule has 1 unspecified atom stereocenters. The van der Waals surface area contributed by atoms with Crippen molar-refractivity contribution in [1.29, 1.82) is 0 Å². The van der Waals surface area contributed by atoms with Crippen molar-refractivity contribution in [3.8, 4) is 5.75 Å². The normalized spacial score (nSPS) is 17.5. The first-order valence-corrected chi connectivity index (χ1v) is 5.82. The molecule has 1 aliphatic rings. The zero-order valence-electron chi connectivity index (χ0n) is 8.32. The monoisotopic (exact) mass is 271 g/mol. The predicted octanol–water partition coefficient (Wildman–Crippen LogP) is 1.98. The van der Waals surface area contributed by atoms with E-state index in [2.05, 4.69) is 15.9 Å². The summed E-state index contributed by atoms with van der Waals surface area (Å²) < 4.78 is 6.57. The van der Waals surface area contributed by atoms with E-state index in [4.69, 9.17) is 15.6 Å². The van der Waals surface area contributed by atoms with Gasteiger partial charge < -0.3 is 15.6 Å². The van der Waals surface area contributed by atoms with E-state index in [-0.39, 0.29) is 12.6 Å². The SMILES string of the molecule is NC(CO)c1ccc(OC2CC2)c(Br)c1. The molecule has 82 valence electrons. The minimum atomic E-state index is -0.323. The summed E-state index contributed by atoms with van der Waals surface area (Å²) in [4.78, 5) is 0. The lowest BCUT2D eigenvalue weighted by Gasteiger charge is -2.12. The van der Waals surface area contributed by atoms with Gasteiger partial charge >= 0.3 is 0 Å². The molecular formula is C11H14BrNO2. The van der Waals surface area contributed by atoms with Gasteiger partial charge in [0.2, 0.25) is 0 Å². The summed E-state index contributed by atoms with van der Waals surface area (Å²) in [5.74, 6) is 0.853. The average Bonchev–Trinajstić information content (AvgIpc) is 3.04. The van der Waals surface area contributed by atoms with Gasteiger partial charge in [0.1, 0.15) is 5.75 Å². The van der Waals surface area contributed by atoms with E-state index < -0.39 is 0 Å². The number of hydrogen-bond donors (Lipinski definition) is 2. The van der Waals surface area contributed by atoms with Crippen molar-refractivity contribution in [2.45, 2.75) is 25.0 Å². The van der Waals surface area contributed by atoms with E-state index in [1.165, 1.54) is 0 Å². The highest BCUT2D eigenvalue weighted by Gasteiger charge is 2.24. The first-order valence-electron chi connectivity index (χ1n) is 5.03. The summed E-state index contributed by atoms with van der Waals surface area (Å²) >= 11 is 3.44. The quantitative estimate of drug-likeness (QED) is 0.881. The summed E-state index contributed by atoms with van der Waals surface area (Å²) in [6.07, 6.45) is 2.67. The first kappa shape index (κ1) is 10.9. The standard InChI is InChI=1S/C11H14BrNO2/c12-9-5-7(10(13)6-14)1-4-11(9)15-8-2-3-8/h1,4-5,8,10,14H,2-3,6,13H2. The molecule has 1 aliphatic carbocycles. The molecular weight excluding hydrogens is 258 g/mol. The van der Waals surface area contributed by atoms with E-state index in [1.807, 2.05) is 18.2 Å². The van der Waals surface area contributed by atoms with Gasteiger partial charge in [0.05, 0.1) is 23.2 Å². The molecule has 0 amide bonds. The van der Waals surface area contributed by atoms with Gasteiger partial charge in [0.25, 0.3) is 0 Å². The Morgan fingerprint density at radius 3 is 2.80 bits per heavy atom. The van der Waals surface area contributed by atoms with Gasteiger partial charge in [-0.25, -0.2) is 0 Å². The van der Waals surface area contributed by atoms with E-state index >= 15 is 0 Å². The third kappa shape index (κ3) is 2.71. The Morgan fingerprint density at radius 2 is 2.27 bits per heavy atom. The molecule has 0 heterocycles. The first-order chi connectivity index (χ1) is 7.20. The summed E-state index contributed by atoms with van der Waals surface area (Å²) in [7, 11) is 0. The van der Waals surface area contributed by atoms with Crippen LogP contribution < -0.4 is 10.5 Å². The largest absolute Gasteiger partial charge is 0.489 e. The zero-order valence-corrected chi connectivity index (χ0v) is 9.90. The molecule has 0 aromatic heterocycles. The lowest BCUT2D eigenvalue weighted by molar-refractivity contribution is 0.267. The summed E-state index contributed by atoms with van der Waals surface area (Å²) in [6.45, 7) is -0.0464. The number of benzene rings is 1. The second-order valence-corrected chi connectivity index (χ2v) is 4.65. The van der Waals surface area contributed by atoms with Gasteiger partial charge in [-0.05, 0) is 46.5 Å². The van der Waals surface area contributed by atoms with Gasteiger partial charge in [0, 0.05) is 0 Å². The molecule has 3 N–H and O–H groups in total. The molecule has 1 aromatic rings. The van der Waals surface area contributed by atoms with Gasteiger partial charge in [-0.1, -0.05) is 6.07 Å². The van der Waals surface area contributed by atoms with Crippen molar-refractivity contribution in [2.24, 2.45) is 5.73 Å². The fourth-order valence-corrected chi connectivity index (χ4v) is 1.80. The Balaban J connectivity index is 2.13. The predicted molar refractivity (Wildman–Crippen MR) is 61.8 cm³/mol. The van der Waals surface area contributed by atoms with Crippen LogP contribution in [0.15, 0.2) is 22.7 Å². The highest BCUT2D eigenvalue weighted by atomic mass is 79.9. The van der Waals surface area contributed by atoms with Gasteiger partial charge in [-0.15, -0.1) is 0 Å². The minimum Gasteiger partial charge on any atom is -0.489 e. The van der Waals surface area contributed by atoms with Crippen molar-refractivity contribution in [3.05, 3.63) is 28.2 Å². The molecule has 1 fully saturated rings. The highest BCUT2D eigenvalue weighted by Crippen LogP contribution is 2.33. The van der Waals surface area contributed by atoms with Crippen molar-refractivity contribution in [1.82, 2.24) is 0 Å². The van der Waals surface area contributed by atoms with E-state index in [0.717, 1.165) is 28.6 Å². The van der Waals surface area contributed by atoms with Crippen LogP contribution in [0.1, 0.15) is 24.4 Å². The van der Waals surface area contributed by atoms with Crippen molar-refractivity contribution < 1.29 is 9.84 Å². The lowest BCUT2D eigenvalue weighted by Crippen LogP contribution is -2.14. The highest BCUT2D eigenvalue weighted by molar-refractivity contribution is 9.10. The minimum absolute atomic E-state index is 0.0464. The second-order valence-electron chi connectivity index (χ2n) is 3.80. The third-order valence-electron chi connectivity index (χ3n) is 2.40. The smallest absolute Gasteiger partial charge is 0.133 e. The van der Waals surface area contributed by atoms with Crippen LogP contribution in [-0.2, 0) is 0 Å². The van der Waals surface area contributed by atoms with Crippen molar-refractivity contribution in [3.63, 3.8) is 0 Å². The number of ether oxygens (including phenoxy) is 1. The second kappa shape index (κ2) is 4.51. The van der Waals surface area contributed by atoms with Crippen LogP contribution in [0.4, 0.5) is 0 Å². The Hall–Kier alpha value is -0.580. The van der Waals surface area contributed by atoms with Crippen LogP contribution in [0.3, 0.4) is 0 Å². The molecule has 0 saturated heterocycles. The number of aliphatic hydroxyl groups excluding tert-OH is 1. The molecule has 2 rings (SSSR count). The molecule has 0 bridgehead atoms. The van der Waals surface area contributed by atoms with Gasteiger partial charge in [0.15, 0.2) is 0 Å². The Labute approximate surface area is 97.4 Å². The molecule has 4 heteroatoms. The Kier molecular flexibility index (Phi) is 3.29. The molecule has 1 aromatic carbocycles. The molecule has 0 radical (unpaired) electrons. The van der Waals surface area contributed by atoms with Crippen LogP contribution >= 0.6 is 15.9 Å². The Bertz CT molecular complexity index is 352. The summed E-state index contributed by atoms with van der Waals surface area (Å²) in [6, 6.07) is 5.37. The molecule has 1 saturated carbocycles.